The molecule has 100 valence electrons. The summed E-state index contributed by atoms with van der Waals surface area (Å²) in [7, 11) is 0. The Morgan fingerprint density at radius 1 is 1.50 bits per heavy atom. The molecule has 3 aliphatic heterocycles. The number of amidine groups is 1. The van der Waals surface area contributed by atoms with E-state index in [2.05, 4.69) is 4.99 Å². The summed E-state index contributed by atoms with van der Waals surface area (Å²) in [4.78, 5) is 6.05. The molecule has 7 heteroatoms. The van der Waals surface area contributed by atoms with E-state index < -0.39 is 12.2 Å². The van der Waals surface area contributed by atoms with Gasteiger partial charge >= 0.3 is 0 Å². The predicted molar refractivity (Wildman–Crippen MR) is 62.5 cm³/mol. The van der Waals surface area contributed by atoms with Crippen LogP contribution in [0, 0.1) is 5.92 Å². The van der Waals surface area contributed by atoms with E-state index in [-0.39, 0.29) is 18.6 Å². The van der Waals surface area contributed by atoms with Crippen molar-refractivity contribution >= 4 is 6.02 Å². The van der Waals surface area contributed by atoms with Crippen LogP contribution in [0.5, 0.6) is 0 Å². The molecule has 3 aliphatic rings. The fourth-order valence-corrected chi connectivity index (χ4v) is 2.59. The van der Waals surface area contributed by atoms with Crippen LogP contribution >= 0.6 is 0 Å². The fraction of sp³-hybridized carbons (Fsp3) is 0.727. The van der Waals surface area contributed by atoms with Gasteiger partial charge in [-0.3, -0.25) is 0 Å². The Morgan fingerprint density at radius 2 is 2.33 bits per heavy atom. The van der Waals surface area contributed by atoms with E-state index in [0.717, 1.165) is 0 Å². The molecule has 0 bridgehead atoms. The standard InChI is InChI=1S/C11H17N3O4/c12-8-1-2-14-7-5-17-4-6(3-15)9(16)10(7)18-11(14)13-8/h1,6-7,9-10,15-16H,2-5,12H2/t6-,7+,9-,10?/m0/s1. The van der Waals surface area contributed by atoms with Gasteiger partial charge in [0.1, 0.15) is 11.9 Å². The van der Waals surface area contributed by atoms with Crippen LogP contribution in [-0.2, 0) is 9.47 Å². The minimum Gasteiger partial charge on any atom is -0.456 e. The zero-order valence-electron chi connectivity index (χ0n) is 9.90. The smallest absolute Gasteiger partial charge is 0.295 e. The molecule has 3 rings (SSSR count). The van der Waals surface area contributed by atoms with Gasteiger partial charge in [-0.25, -0.2) is 0 Å². The SMILES string of the molecule is NC1=CCN2C(=N1)OC1[C@@H](O)[C@@H](CO)COC[C@H]12. The number of hydrogen-bond donors (Lipinski definition) is 3. The predicted octanol–water partition coefficient (Wildman–Crippen LogP) is -1.77. The van der Waals surface area contributed by atoms with Crippen molar-refractivity contribution in [2.45, 2.75) is 18.2 Å². The molecule has 1 unspecified atom stereocenters. The van der Waals surface area contributed by atoms with Gasteiger partial charge in [0.2, 0.25) is 0 Å². The van der Waals surface area contributed by atoms with Gasteiger partial charge in [0.05, 0.1) is 25.9 Å². The highest BCUT2D eigenvalue weighted by molar-refractivity contribution is 5.78. The van der Waals surface area contributed by atoms with Crippen LogP contribution in [0.2, 0.25) is 0 Å². The lowest BCUT2D eigenvalue weighted by atomic mass is 9.96. The van der Waals surface area contributed by atoms with Crippen molar-refractivity contribution in [1.29, 1.82) is 0 Å². The Morgan fingerprint density at radius 3 is 3.11 bits per heavy atom. The third-order valence-electron chi connectivity index (χ3n) is 3.66. The summed E-state index contributed by atoms with van der Waals surface area (Å²) in [6.07, 6.45) is 0.607. The van der Waals surface area contributed by atoms with Crippen molar-refractivity contribution in [3.8, 4) is 0 Å². The summed E-state index contributed by atoms with van der Waals surface area (Å²) in [6, 6.07) is 0.353. The van der Waals surface area contributed by atoms with E-state index in [1.54, 1.807) is 6.08 Å². The van der Waals surface area contributed by atoms with E-state index in [1.807, 2.05) is 4.90 Å². The molecule has 0 radical (unpaired) electrons. The summed E-state index contributed by atoms with van der Waals surface area (Å²) in [6.45, 7) is 1.27. The van der Waals surface area contributed by atoms with Crippen LogP contribution in [-0.4, -0.2) is 65.7 Å². The van der Waals surface area contributed by atoms with Crippen LogP contribution in [0.3, 0.4) is 0 Å². The first-order valence-electron chi connectivity index (χ1n) is 6.05. The molecule has 0 spiro atoms. The summed E-state index contributed by atoms with van der Waals surface area (Å²) in [5, 5.41) is 19.5. The molecule has 2 saturated heterocycles. The lowest BCUT2D eigenvalue weighted by Crippen LogP contribution is -2.45. The van der Waals surface area contributed by atoms with Crippen LogP contribution in [0.15, 0.2) is 16.9 Å². The average Bonchev–Trinajstić information content (AvgIpc) is 2.64. The number of nitrogens with zero attached hydrogens (tertiary/aromatic N) is 2. The van der Waals surface area contributed by atoms with Gasteiger partial charge in [0.25, 0.3) is 6.02 Å². The van der Waals surface area contributed by atoms with Crippen molar-refractivity contribution in [1.82, 2.24) is 4.90 Å². The first kappa shape index (κ1) is 11.8. The van der Waals surface area contributed by atoms with Gasteiger partial charge in [-0.1, -0.05) is 0 Å². The number of aliphatic imine (C=N–C) groups is 1. The van der Waals surface area contributed by atoms with E-state index in [9.17, 15) is 10.2 Å². The molecule has 0 aromatic carbocycles. The zero-order valence-corrected chi connectivity index (χ0v) is 9.90. The van der Waals surface area contributed by atoms with Crippen molar-refractivity contribution in [3.63, 3.8) is 0 Å². The molecular formula is C11H17N3O4. The molecular weight excluding hydrogens is 238 g/mol. The second-order valence-electron chi connectivity index (χ2n) is 4.80. The highest BCUT2D eigenvalue weighted by Gasteiger charge is 2.48. The largest absolute Gasteiger partial charge is 0.456 e. The molecule has 0 aliphatic carbocycles. The lowest BCUT2D eigenvalue weighted by molar-refractivity contribution is -0.0212. The zero-order chi connectivity index (χ0) is 12.7. The first-order valence-corrected chi connectivity index (χ1v) is 6.05. The van der Waals surface area contributed by atoms with E-state index in [1.165, 1.54) is 0 Å². The van der Waals surface area contributed by atoms with Crippen molar-refractivity contribution in [3.05, 3.63) is 11.9 Å². The number of aliphatic hydroxyl groups is 2. The average molecular weight is 255 g/mol. The van der Waals surface area contributed by atoms with Crippen molar-refractivity contribution < 1.29 is 19.7 Å². The Hall–Kier alpha value is -1.31. The van der Waals surface area contributed by atoms with E-state index >= 15 is 0 Å². The Bertz CT molecular complexity index is 398. The fourth-order valence-electron chi connectivity index (χ4n) is 2.59. The molecule has 4 N–H and O–H groups in total. The van der Waals surface area contributed by atoms with Crippen LogP contribution < -0.4 is 5.73 Å². The van der Waals surface area contributed by atoms with Gasteiger partial charge in [0.15, 0.2) is 6.10 Å². The highest BCUT2D eigenvalue weighted by Crippen LogP contribution is 2.30. The molecule has 7 nitrogen and oxygen atoms in total. The van der Waals surface area contributed by atoms with Gasteiger partial charge in [-0.2, -0.15) is 4.99 Å². The molecule has 4 atom stereocenters. The molecule has 0 amide bonds. The highest BCUT2D eigenvalue weighted by atomic mass is 16.5. The Labute approximate surface area is 104 Å². The van der Waals surface area contributed by atoms with Gasteiger partial charge in [-0.15, -0.1) is 0 Å². The van der Waals surface area contributed by atoms with Crippen LogP contribution in [0.25, 0.3) is 0 Å². The maximum absolute atomic E-state index is 10.2. The molecule has 2 fully saturated rings. The number of ether oxygens (including phenoxy) is 2. The van der Waals surface area contributed by atoms with Gasteiger partial charge < -0.3 is 30.3 Å². The maximum Gasteiger partial charge on any atom is 0.295 e. The quantitative estimate of drug-likeness (QED) is 0.512. The number of rotatable bonds is 1. The van der Waals surface area contributed by atoms with E-state index in [4.69, 9.17) is 15.2 Å². The first-order chi connectivity index (χ1) is 8.70. The number of hydrogen-bond acceptors (Lipinski definition) is 7. The van der Waals surface area contributed by atoms with Gasteiger partial charge in [0, 0.05) is 12.5 Å². The van der Waals surface area contributed by atoms with Crippen molar-refractivity contribution in [2.24, 2.45) is 16.6 Å². The van der Waals surface area contributed by atoms with Crippen LogP contribution in [0.1, 0.15) is 0 Å². The summed E-state index contributed by atoms with van der Waals surface area (Å²) in [5.74, 6) is 0.0964. The molecule has 18 heavy (non-hydrogen) atoms. The molecule has 0 aromatic heterocycles. The topological polar surface area (TPSA) is 101 Å². The second kappa shape index (κ2) is 4.42. The van der Waals surface area contributed by atoms with Crippen molar-refractivity contribution in [2.75, 3.05) is 26.4 Å². The molecule has 0 saturated carbocycles. The molecule has 0 aromatic rings. The maximum atomic E-state index is 10.2. The number of aliphatic hydroxyl groups excluding tert-OH is 2. The minimum absolute atomic E-state index is 0.0837. The lowest BCUT2D eigenvalue weighted by Gasteiger charge is -2.25. The third kappa shape index (κ3) is 1.75. The number of nitrogens with two attached hydrogens (primary N) is 1. The minimum atomic E-state index is -0.767. The second-order valence-corrected chi connectivity index (χ2v) is 4.80. The monoisotopic (exact) mass is 255 g/mol. The summed E-state index contributed by atoms with van der Waals surface area (Å²) >= 11 is 0. The molecule has 3 heterocycles. The normalized spacial score (nSPS) is 39.1. The third-order valence-corrected chi connectivity index (χ3v) is 3.66. The summed E-state index contributed by atoms with van der Waals surface area (Å²) < 4.78 is 11.2. The van der Waals surface area contributed by atoms with Crippen LogP contribution in [0.4, 0.5) is 0 Å². The Balaban J connectivity index is 1.85. The Kier molecular flexibility index (Phi) is 2.89. The van der Waals surface area contributed by atoms with E-state index in [0.29, 0.717) is 31.6 Å². The number of fused-ring (bicyclic) bond motifs is 3. The summed E-state index contributed by atoms with van der Waals surface area (Å²) in [5.41, 5.74) is 5.63. The van der Waals surface area contributed by atoms with Gasteiger partial charge in [-0.05, 0) is 6.08 Å².